The lowest BCUT2D eigenvalue weighted by atomic mass is 9.82. The molecule has 0 radical (unpaired) electrons. The number of aromatic nitrogens is 1. The zero-order chi connectivity index (χ0) is 27.5. The van der Waals surface area contributed by atoms with Gasteiger partial charge >= 0.3 is 12.4 Å². The lowest BCUT2D eigenvalue weighted by molar-refractivity contribution is -0.203. The van der Waals surface area contributed by atoms with Crippen LogP contribution in [-0.2, 0) is 19.0 Å². The number of benzene rings is 2. The van der Waals surface area contributed by atoms with E-state index in [2.05, 4.69) is 4.98 Å². The number of ether oxygens (including phenoxy) is 1. The van der Waals surface area contributed by atoms with Gasteiger partial charge in [0.2, 0.25) is 0 Å². The summed E-state index contributed by atoms with van der Waals surface area (Å²) in [6.45, 7) is 0. The fourth-order valence-corrected chi connectivity index (χ4v) is 4.97. The van der Waals surface area contributed by atoms with E-state index < -0.39 is 42.4 Å². The highest BCUT2D eigenvalue weighted by Gasteiger charge is 2.38. The number of aromatic amines is 1. The number of aliphatic hydroxyl groups excluding tert-OH is 1. The third-order valence-electron chi connectivity index (χ3n) is 7.03. The Morgan fingerprint density at radius 1 is 0.895 bits per heavy atom. The highest BCUT2D eigenvalue weighted by molar-refractivity contribution is 5.67. The van der Waals surface area contributed by atoms with Gasteiger partial charge in [-0.2, -0.15) is 26.3 Å². The third kappa shape index (κ3) is 6.89. The molecule has 1 aliphatic carbocycles. The van der Waals surface area contributed by atoms with Crippen LogP contribution in [0, 0.1) is 11.7 Å². The summed E-state index contributed by atoms with van der Waals surface area (Å²) in [5.74, 6) is -0.264. The second kappa shape index (κ2) is 11.4. The van der Waals surface area contributed by atoms with Crippen molar-refractivity contribution in [2.75, 3.05) is 0 Å². The van der Waals surface area contributed by atoms with E-state index in [0.717, 1.165) is 50.3 Å². The number of aliphatic hydroxyl groups is 1. The number of rotatable bonds is 8. The van der Waals surface area contributed by atoms with Crippen molar-refractivity contribution >= 4 is 0 Å². The molecule has 2 aromatic carbocycles. The van der Waals surface area contributed by atoms with Crippen LogP contribution < -0.4 is 4.74 Å². The molecule has 1 fully saturated rings. The maximum Gasteiger partial charge on any atom is 0.416 e. The van der Waals surface area contributed by atoms with Crippen LogP contribution in [0.25, 0.3) is 11.1 Å². The molecule has 1 aromatic heterocycles. The van der Waals surface area contributed by atoms with E-state index >= 15 is 0 Å². The molecule has 0 amide bonds. The number of H-pyrrole nitrogens is 1. The van der Waals surface area contributed by atoms with E-state index in [1.54, 1.807) is 30.3 Å². The highest BCUT2D eigenvalue weighted by Crippen LogP contribution is 2.35. The molecule has 3 nitrogen and oxygen atoms in total. The summed E-state index contributed by atoms with van der Waals surface area (Å²) in [5, 5.41) is 9.44. The first-order valence-electron chi connectivity index (χ1n) is 12.5. The monoisotopic (exact) mass is 543 g/mol. The van der Waals surface area contributed by atoms with Crippen molar-refractivity contribution in [2.24, 2.45) is 5.92 Å². The Bertz CT molecular complexity index is 1200. The van der Waals surface area contributed by atoms with Crippen molar-refractivity contribution in [3.63, 3.8) is 0 Å². The van der Waals surface area contributed by atoms with Gasteiger partial charge in [-0.05, 0) is 66.3 Å². The topological polar surface area (TPSA) is 45.2 Å². The Morgan fingerprint density at radius 3 is 2.21 bits per heavy atom. The van der Waals surface area contributed by atoms with Gasteiger partial charge in [0.1, 0.15) is 17.7 Å². The van der Waals surface area contributed by atoms with Crippen LogP contribution in [0.2, 0.25) is 0 Å². The van der Waals surface area contributed by atoms with Gasteiger partial charge in [-0.25, -0.2) is 4.39 Å². The molecule has 0 aliphatic heterocycles. The van der Waals surface area contributed by atoms with Gasteiger partial charge in [0, 0.05) is 30.3 Å². The average molecular weight is 544 g/mol. The van der Waals surface area contributed by atoms with E-state index in [-0.39, 0.29) is 23.6 Å². The second-order valence-corrected chi connectivity index (χ2v) is 9.72. The van der Waals surface area contributed by atoms with E-state index in [4.69, 9.17) is 4.74 Å². The number of hydrogen-bond acceptors (Lipinski definition) is 2. The van der Waals surface area contributed by atoms with Crippen LogP contribution in [0.3, 0.4) is 0 Å². The molecule has 206 valence electrons. The van der Waals surface area contributed by atoms with Gasteiger partial charge in [0.15, 0.2) is 6.10 Å². The molecule has 1 aliphatic rings. The Balaban J connectivity index is 1.54. The molecule has 0 spiro atoms. The van der Waals surface area contributed by atoms with Gasteiger partial charge in [-0.3, -0.25) is 0 Å². The second-order valence-electron chi connectivity index (χ2n) is 9.72. The van der Waals surface area contributed by atoms with Crippen LogP contribution in [0.1, 0.15) is 48.9 Å². The summed E-state index contributed by atoms with van der Waals surface area (Å²) in [5.41, 5.74) is 0.338. The molecular weight excluding hydrogens is 515 g/mol. The van der Waals surface area contributed by atoms with Gasteiger partial charge in [-0.1, -0.05) is 31.4 Å². The van der Waals surface area contributed by atoms with E-state index in [9.17, 15) is 35.8 Å². The van der Waals surface area contributed by atoms with Crippen LogP contribution in [0.15, 0.2) is 54.7 Å². The molecular formula is C28H28F7NO2. The standard InChI is InChI=1S/C28H28F7NO2/c29-23-11-8-20(27(30,31)32)14-19(23)15-25(18-4-2-1-3-5-18)38-21-9-6-17(7-10-21)22-12-13-36-24(22)16-26(37)28(33,34)35/h6-14,18,25-26,36-37H,1-5,15-16H2. The molecule has 4 rings (SSSR count). The van der Waals surface area contributed by atoms with Gasteiger partial charge in [0.05, 0.1) is 5.56 Å². The molecule has 38 heavy (non-hydrogen) atoms. The zero-order valence-corrected chi connectivity index (χ0v) is 20.4. The first-order chi connectivity index (χ1) is 17.9. The predicted molar refractivity (Wildman–Crippen MR) is 128 cm³/mol. The fraction of sp³-hybridized carbons (Fsp3) is 0.429. The molecule has 2 atom stereocenters. The number of nitrogens with one attached hydrogen (secondary N) is 1. The Labute approximate surface area is 215 Å². The summed E-state index contributed by atoms with van der Waals surface area (Å²) >= 11 is 0. The molecule has 0 saturated heterocycles. The maximum atomic E-state index is 14.5. The van der Waals surface area contributed by atoms with Crippen LogP contribution in [0.5, 0.6) is 5.75 Å². The molecule has 0 bridgehead atoms. The minimum atomic E-state index is -4.74. The number of hydrogen-bond donors (Lipinski definition) is 2. The predicted octanol–water partition coefficient (Wildman–Crippen LogP) is 7.88. The van der Waals surface area contributed by atoms with Crippen molar-refractivity contribution < 1.29 is 40.6 Å². The summed E-state index contributed by atoms with van der Waals surface area (Å²) in [7, 11) is 0. The lowest BCUT2D eigenvalue weighted by Gasteiger charge is -2.31. The van der Waals surface area contributed by atoms with E-state index in [0.29, 0.717) is 16.9 Å². The quantitative estimate of drug-likeness (QED) is 0.284. The van der Waals surface area contributed by atoms with Gasteiger partial charge < -0.3 is 14.8 Å². The van der Waals surface area contributed by atoms with E-state index in [1.165, 1.54) is 6.20 Å². The summed E-state index contributed by atoms with van der Waals surface area (Å²) in [4.78, 5) is 2.74. The molecule has 1 saturated carbocycles. The van der Waals surface area contributed by atoms with E-state index in [1.807, 2.05) is 0 Å². The summed E-state index contributed by atoms with van der Waals surface area (Å²) < 4.78 is 98.8. The SMILES string of the molecule is OC(Cc1[nH]ccc1-c1ccc(OC(Cc2cc(C(F)(F)F)ccc2F)C2CCCCC2)cc1)C(F)(F)F. The van der Waals surface area contributed by atoms with Crippen LogP contribution >= 0.6 is 0 Å². The van der Waals surface area contributed by atoms with Crippen LogP contribution in [0.4, 0.5) is 30.7 Å². The maximum absolute atomic E-state index is 14.5. The van der Waals surface area contributed by atoms with Crippen molar-refractivity contribution in [3.05, 3.63) is 77.4 Å². The minimum Gasteiger partial charge on any atom is -0.490 e. The van der Waals surface area contributed by atoms with Crippen molar-refractivity contribution in [1.29, 1.82) is 0 Å². The van der Waals surface area contributed by atoms with Crippen LogP contribution in [-0.4, -0.2) is 28.5 Å². The average Bonchev–Trinajstić information content (AvgIpc) is 3.32. The first kappa shape index (κ1) is 28.0. The fourth-order valence-electron chi connectivity index (χ4n) is 4.97. The first-order valence-corrected chi connectivity index (χ1v) is 12.5. The largest absolute Gasteiger partial charge is 0.490 e. The number of halogens is 7. The van der Waals surface area contributed by atoms with Crippen molar-refractivity contribution in [3.8, 4) is 16.9 Å². The zero-order valence-electron chi connectivity index (χ0n) is 20.4. The Morgan fingerprint density at radius 2 is 1.58 bits per heavy atom. The highest BCUT2D eigenvalue weighted by atomic mass is 19.4. The van der Waals surface area contributed by atoms with Crippen molar-refractivity contribution in [1.82, 2.24) is 4.98 Å². The molecule has 10 heteroatoms. The van der Waals surface area contributed by atoms with Crippen molar-refractivity contribution in [2.45, 2.75) is 69.5 Å². The van der Waals surface area contributed by atoms with Gasteiger partial charge in [0.25, 0.3) is 0 Å². The van der Waals surface area contributed by atoms with Gasteiger partial charge in [-0.15, -0.1) is 0 Å². The normalized spacial score (nSPS) is 16.8. The number of alkyl halides is 6. The summed E-state index contributed by atoms with van der Waals surface area (Å²) in [6.07, 6.45) is -6.97. The Hall–Kier alpha value is -3.01. The molecule has 1 heterocycles. The molecule has 2 unspecified atom stereocenters. The molecule has 2 N–H and O–H groups in total. The minimum absolute atomic E-state index is 0.0283. The molecule has 3 aromatic rings. The third-order valence-corrected chi connectivity index (χ3v) is 7.03. The smallest absolute Gasteiger partial charge is 0.416 e. The summed E-state index contributed by atoms with van der Waals surface area (Å²) in [6, 6.07) is 10.6. The Kier molecular flexibility index (Phi) is 8.40. The lowest BCUT2D eigenvalue weighted by Crippen LogP contribution is -2.31.